The van der Waals surface area contributed by atoms with E-state index in [4.69, 9.17) is 27.9 Å². The van der Waals surface area contributed by atoms with E-state index >= 15 is 0 Å². The van der Waals surface area contributed by atoms with Crippen molar-refractivity contribution in [2.45, 2.75) is 13.3 Å². The molecule has 24 heavy (non-hydrogen) atoms. The molecular weight excluding hydrogens is 351 g/mol. The van der Waals surface area contributed by atoms with Crippen molar-refractivity contribution in [3.63, 3.8) is 0 Å². The third kappa shape index (κ3) is 4.88. The van der Waals surface area contributed by atoms with Crippen molar-refractivity contribution >= 4 is 46.4 Å². The summed E-state index contributed by atoms with van der Waals surface area (Å²) in [5.41, 5.74) is 0.793. The van der Waals surface area contributed by atoms with Gasteiger partial charge in [-0.1, -0.05) is 41.4 Å². The van der Waals surface area contributed by atoms with Gasteiger partial charge in [-0.25, -0.2) is 0 Å². The first-order valence-electron chi connectivity index (χ1n) is 7.26. The number of rotatable bonds is 6. The molecule has 0 fully saturated rings. The van der Waals surface area contributed by atoms with Crippen molar-refractivity contribution < 1.29 is 14.3 Å². The normalized spacial score (nSPS) is 10.1. The van der Waals surface area contributed by atoms with Crippen LogP contribution in [0.5, 0.6) is 5.75 Å². The zero-order valence-corrected chi connectivity index (χ0v) is 14.4. The Balaban J connectivity index is 1.99. The van der Waals surface area contributed by atoms with E-state index in [9.17, 15) is 9.59 Å². The number of anilines is 2. The number of amides is 2. The molecular formula is C17H16Cl2N2O3. The predicted octanol–water partition coefficient (Wildman–Crippen LogP) is 4.36. The summed E-state index contributed by atoms with van der Waals surface area (Å²) in [5.74, 6) is -0.442. The monoisotopic (exact) mass is 366 g/mol. The molecule has 7 heteroatoms. The maximum Gasteiger partial charge on any atom is 0.233 e. The van der Waals surface area contributed by atoms with Crippen LogP contribution in [0.3, 0.4) is 0 Å². The first-order valence-corrected chi connectivity index (χ1v) is 8.02. The minimum atomic E-state index is -0.517. The summed E-state index contributed by atoms with van der Waals surface area (Å²) in [6.07, 6.45) is -0.373. The van der Waals surface area contributed by atoms with Gasteiger partial charge in [0.1, 0.15) is 12.2 Å². The van der Waals surface area contributed by atoms with Crippen LogP contribution in [-0.4, -0.2) is 18.4 Å². The van der Waals surface area contributed by atoms with Gasteiger partial charge < -0.3 is 15.4 Å². The summed E-state index contributed by atoms with van der Waals surface area (Å²) >= 11 is 12.0. The molecule has 0 radical (unpaired) electrons. The van der Waals surface area contributed by atoms with Crippen LogP contribution < -0.4 is 15.4 Å². The quantitative estimate of drug-likeness (QED) is 0.746. The van der Waals surface area contributed by atoms with Gasteiger partial charge in [-0.2, -0.15) is 0 Å². The molecule has 0 spiro atoms. The molecule has 5 nitrogen and oxygen atoms in total. The maximum absolute atomic E-state index is 12.0. The van der Waals surface area contributed by atoms with E-state index < -0.39 is 11.8 Å². The Morgan fingerprint density at radius 3 is 2.25 bits per heavy atom. The molecule has 0 saturated carbocycles. The molecule has 0 aliphatic carbocycles. The van der Waals surface area contributed by atoms with Crippen LogP contribution in [0.1, 0.15) is 13.3 Å². The van der Waals surface area contributed by atoms with Crippen molar-refractivity contribution in [3.8, 4) is 5.75 Å². The lowest BCUT2D eigenvalue weighted by Gasteiger charge is -2.12. The van der Waals surface area contributed by atoms with Crippen LogP contribution in [0.4, 0.5) is 11.4 Å². The van der Waals surface area contributed by atoms with E-state index in [0.717, 1.165) is 0 Å². The summed E-state index contributed by atoms with van der Waals surface area (Å²) < 4.78 is 5.42. The fourth-order valence-electron chi connectivity index (χ4n) is 1.99. The number of halogens is 2. The van der Waals surface area contributed by atoms with Crippen LogP contribution in [0.15, 0.2) is 42.5 Å². The van der Waals surface area contributed by atoms with Gasteiger partial charge in [0, 0.05) is 0 Å². The number of hydrogen-bond acceptors (Lipinski definition) is 3. The van der Waals surface area contributed by atoms with Crippen molar-refractivity contribution in [2.75, 3.05) is 17.2 Å². The zero-order chi connectivity index (χ0) is 17.5. The Morgan fingerprint density at radius 1 is 0.958 bits per heavy atom. The first kappa shape index (κ1) is 18.1. The highest BCUT2D eigenvalue weighted by atomic mass is 35.5. The van der Waals surface area contributed by atoms with Gasteiger partial charge in [-0.3, -0.25) is 9.59 Å². The van der Waals surface area contributed by atoms with Gasteiger partial charge in [0.25, 0.3) is 0 Å². The van der Waals surface area contributed by atoms with E-state index in [1.54, 1.807) is 42.5 Å². The fourth-order valence-corrected chi connectivity index (χ4v) is 2.48. The van der Waals surface area contributed by atoms with E-state index in [-0.39, 0.29) is 12.1 Å². The van der Waals surface area contributed by atoms with E-state index in [0.29, 0.717) is 28.1 Å². The average Bonchev–Trinajstić information content (AvgIpc) is 2.53. The van der Waals surface area contributed by atoms with Crippen LogP contribution >= 0.6 is 23.2 Å². The number of hydrogen-bond donors (Lipinski definition) is 2. The number of benzene rings is 2. The topological polar surface area (TPSA) is 67.4 Å². The molecule has 2 aromatic carbocycles. The molecule has 0 aliphatic rings. The van der Waals surface area contributed by atoms with Crippen molar-refractivity contribution in [1.29, 1.82) is 0 Å². The third-order valence-corrected chi connectivity index (χ3v) is 3.64. The van der Waals surface area contributed by atoms with Gasteiger partial charge in [0.15, 0.2) is 0 Å². The summed E-state index contributed by atoms with van der Waals surface area (Å²) in [7, 11) is 0. The molecule has 126 valence electrons. The number of nitrogens with one attached hydrogen (secondary N) is 2. The minimum absolute atomic E-state index is 0.286. The Morgan fingerprint density at radius 2 is 1.58 bits per heavy atom. The zero-order valence-electron chi connectivity index (χ0n) is 12.9. The third-order valence-electron chi connectivity index (χ3n) is 3.01. The Labute approximate surface area is 149 Å². The summed E-state index contributed by atoms with van der Waals surface area (Å²) in [6, 6.07) is 11.9. The minimum Gasteiger partial charge on any atom is -0.492 e. The standard InChI is InChI=1S/C17H16Cl2N2O3/c1-2-24-14-9-4-3-8-13(14)20-15(22)10-16(23)21-17-11(18)6-5-7-12(17)19/h3-9H,2,10H2,1H3,(H,20,22)(H,21,23). The van der Waals surface area contributed by atoms with E-state index in [2.05, 4.69) is 10.6 Å². The molecule has 0 atom stereocenters. The number of carbonyl (C=O) groups is 2. The Bertz CT molecular complexity index is 730. The molecule has 0 bridgehead atoms. The molecule has 2 rings (SSSR count). The highest BCUT2D eigenvalue weighted by Crippen LogP contribution is 2.30. The lowest BCUT2D eigenvalue weighted by Crippen LogP contribution is -2.22. The number of ether oxygens (including phenoxy) is 1. The van der Waals surface area contributed by atoms with Gasteiger partial charge in [-0.05, 0) is 31.2 Å². The van der Waals surface area contributed by atoms with Crippen LogP contribution in [-0.2, 0) is 9.59 Å². The van der Waals surface area contributed by atoms with E-state index in [1.165, 1.54) is 0 Å². The second-order valence-electron chi connectivity index (χ2n) is 4.80. The molecule has 0 saturated heterocycles. The Kier molecular flexibility index (Phi) is 6.46. The first-order chi connectivity index (χ1) is 11.5. The highest BCUT2D eigenvalue weighted by molar-refractivity contribution is 6.39. The van der Waals surface area contributed by atoms with Gasteiger partial charge in [-0.15, -0.1) is 0 Å². The molecule has 0 heterocycles. The van der Waals surface area contributed by atoms with E-state index in [1.807, 2.05) is 6.92 Å². The van der Waals surface area contributed by atoms with Crippen molar-refractivity contribution in [1.82, 2.24) is 0 Å². The smallest absolute Gasteiger partial charge is 0.233 e. The summed E-state index contributed by atoms with van der Waals surface area (Å²) in [5, 5.41) is 5.80. The largest absolute Gasteiger partial charge is 0.492 e. The van der Waals surface area contributed by atoms with Gasteiger partial charge in [0.2, 0.25) is 11.8 Å². The van der Waals surface area contributed by atoms with Crippen molar-refractivity contribution in [3.05, 3.63) is 52.5 Å². The lowest BCUT2D eigenvalue weighted by molar-refractivity contribution is -0.123. The molecule has 2 aromatic rings. The summed E-state index contributed by atoms with van der Waals surface area (Å²) in [4.78, 5) is 24.1. The lowest BCUT2D eigenvalue weighted by atomic mass is 10.2. The fraction of sp³-hybridized carbons (Fsp3) is 0.176. The summed E-state index contributed by atoms with van der Waals surface area (Å²) in [6.45, 7) is 2.32. The van der Waals surface area contributed by atoms with Crippen LogP contribution in [0, 0.1) is 0 Å². The highest BCUT2D eigenvalue weighted by Gasteiger charge is 2.14. The Hall–Kier alpha value is -2.24. The second-order valence-corrected chi connectivity index (χ2v) is 5.61. The van der Waals surface area contributed by atoms with Crippen LogP contribution in [0.25, 0.3) is 0 Å². The maximum atomic E-state index is 12.0. The molecule has 0 aliphatic heterocycles. The molecule has 2 N–H and O–H groups in total. The SMILES string of the molecule is CCOc1ccccc1NC(=O)CC(=O)Nc1c(Cl)cccc1Cl. The predicted molar refractivity (Wildman–Crippen MR) is 95.9 cm³/mol. The molecule has 2 amide bonds. The molecule has 0 aromatic heterocycles. The van der Waals surface area contributed by atoms with Gasteiger partial charge >= 0.3 is 0 Å². The molecule has 0 unspecified atom stereocenters. The van der Waals surface area contributed by atoms with Gasteiger partial charge in [0.05, 0.1) is 28.0 Å². The second kappa shape index (κ2) is 8.57. The number of carbonyl (C=O) groups excluding carboxylic acids is 2. The van der Waals surface area contributed by atoms with Crippen molar-refractivity contribution in [2.24, 2.45) is 0 Å². The van der Waals surface area contributed by atoms with Crippen LogP contribution in [0.2, 0.25) is 10.0 Å². The average molecular weight is 367 g/mol. The number of para-hydroxylation sites is 3.